The summed E-state index contributed by atoms with van der Waals surface area (Å²) in [5.74, 6) is 3.43. The third-order valence-corrected chi connectivity index (χ3v) is 3.41. The van der Waals surface area contributed by atoms with Gasteiger partial charge in [0.25, 0.3) is 0 Å². The van der Waals surface area contributed by atoms with Gasteiger partial charge in [0.2, 0.25) is 5.91 Å². The van der Waals surface area contributed by atoms with Crippen LogP contribution in [0.25, 0.3) is 0 Å². The van der Waals surface area contributed by atoms with Gasteiger partial charge in [-0.25, -0.2) is 9.97 Å². The van der Waals surface area contributed by atoms with E-state index in [2.05, 4.69) is 34.4 Å². The van der Waals surface area contributed by atoms with Gasteiger partial charge in [0.15, 0.2) is 0 Å². The number of carbonyl (C=O) groups is 1. The summed E-state index contributed by atoms with van der Waals surface area (Å²) >= 11 is 0. The number of anilines is 2. The molecule has 0 unspecified atom stereocenters. The quantitative estimate of drug-likeness (QED) is 0.798. The predicted octanol–water partition coefficient (Wildman–Crippen LogP) is 1.60. The van der Waals surface area contributed by atoms with E-state index in [0.717, 1.165) is 30.3 Å². The second kappa shape index (κ2) is 6.74. The Labute approximate surface area is 126 Å². The number of hydrogen-bond acceptors (Lipinski definition) is 5. The van der Waals surface area contributed by atoms with Crippen molar-refractivity contribution in [2.24, 2.45) is 5.92 Å². The Morgan fingerprint density at radius 1 is 1.43 bits per heavy atom. The van der Waals surface area contributed by atoms with E-state index in [1.54, 1.807) is 0 Å². The molecule has 0 aromatic carbocycles. The van der Waals surface area contributed by atoms with Crippen molar-refractivity contribution in [3.8, 4) is 0 Å². The monoisotopic (exact) mass is 291 g/mol. The highest BCUT2D eigenvalue weighted by Gasteiger charge is 2.27. The van der Waals surface area contributed by atoms with Gasteiger partial charge in [-0.3, -0.25) is 4.79 Å². The Hall–Kier alpha value is -1.85. The number of rotatable bonds is 7. The van der Waals surface area contributed by atoms with E-state index in [1.165, 1.54) is 0 Å². The zero-order valence-electron chi connectivity index (χ0n) is 13.3. The molecule has 0 saturated heterocycles. The van der Waals surface area contributed by atoms with E-state index in [-0.39, 0.29) is 5.91 Å². The summed E-state index contributed by atoms with van der Waals surface area (Å²) in [5, 5.41) is 5.98. The van der Waals surface area contributed by atoms with E-state index in [4.69, 9.17) is 0 Å². The number of aromatic nitrogens is 2. The van der Waals surface area contributed by atoms with Gasteiger partial charge in [-0.15, -0.1) is 0 Å². The fourth-order valence-corrected chi connectivity index (χ4v) is 1.97. The molecule has 1 aromatic rings. The van der Waals surface area contributed by atoms with Gasteiger partial charge in [-0.2, -0.15) is 0 Å². The molecule has 0 spiro atoms. The van der Waals surface area contributed by atoms with Gasteiger partial charge in [0.1, 0.15) is 17.5 Å². The molecule has 1 saturated carbocycles. The summed E-state index contributed by atoms with van der Waals surface area (Å²) in [5.41, 5.74) is 0. The molecule has 21 heavy (non-hydrogen) atoms. The zero-order chi connectivity index (χ0) is 15.4. The number of hydrogen-bond donors (Lipinski definition) is 2. The first kappa shape index (κ1) is 15.5. The van der Waals surface area contributed by atoms with E-state index >= 15 is 0 Å². The standard InChI is InChI=1S/C15H25N5O/c1-10(2)8-17-14(21)9-20(4)13-7-12(16-3)18-15(19-13)11-5-6-11/h7,10-11H,5-6,8-9H2,1-4H3,(H,17,21)(H,16,18,19). The number of nitrogens with zero attached hydrogens (tertiary/aromatic N) is 3. The van der Waals surface area contributed by atoms with Crippen LogP contribution in [0.4, 0.5) is 11.6 Å². The number of carbonyl (C=O) groups excluding carboxylic acids is 1. The van der Waals surface area contributed by atoms with Crippen LogP contribution in [0.2, 0.25) is 0 Å². The van der Waals surface area contributed by atoms with Crippen LogP contribution >= 0.6 is 0 Å². The van der Waals surface area contributed by atoms with Crippen molar-refractivity contribution in [1.82, 2.24) is 15.3 Å². The van der Waals surface area contributed by atoms with Crippen LogP contribution in [0.3, 0.4) is 0 Å². The van der Waals surface area contributed by atoms with Crippen molar-refractivity contribution in [3.63, 3.8) is 0 Å². The van der Waals surface area contributed by atoms with Gasteiger partial charge >= 0.3 is 0 Å². The van der Waals surface area contributed by atoms with Gasteiger partial charge in [0, 0.05) is 32.6 Å². The summed E-state index contributed by atoms with van der Waals surface area (Å²) in [4.78, 5) is 22.8. The van der Waals surface area contributed by atoms with Crippen LogP contribution in [-0.4, -0.2) is 43.1 Å². The minimum Gasteiger partial charge on any atom is -0.373 e. The molecule has 6 nitrogen and oxygen atoms in total. The number of likely N-dealkylation sites (N-methyl/N-ethyl adjacent to an activating group) is 1. The molecule has 1 fully saturated rings. The Morgan fingerprint density at radius 2 is 2.14 bits per heavy atom. The summed E-state index contributed by atoms with van der Waals surface area (Å²) in [6, 6.07) is 1.88. The molecular weight excluding hydrogens is 266 g/mol. The van der Waals surface area contributed by atoms with Crippen LogP contribution in [0.15, 0.2) is 6.07 Å². The maximum absolute atomic E-state index is 11.9. The lowest BCUT2D eigenvalue weighted by atomic mass is 10.2. The summed E-state index contributed by atoms with van der Waals surface area (Å²) in [7, 11) is 3.73. The lowest BCUT2D eigenvalue weighted by molar-refractivity contribution is -0.119. The zero-order valence-corrected chi connectivity index (χ0v) is 13.3. The average molecular weight is 291 g/mol. The highest BCUT2D eigenvalue weighted by molar-refractivity contribution is 5.81. The maximum Gasteiger partial charge on any atom is 0.239 e. The molecule has 1 amide bonds. The second-order valence-electron chi connectivity index (χ2n) is 6.05. The normalized spacial score (nSPS) is 14.1. The van der Waals surface area contributed by atoms with Crippen molar-refractivity contribution >= 4 is 17.5 Å². The van der Waals surface area contributed by atoms with Crippen molar-refractivity contribution in [2.75, 3.05) is 37.4 Å². The molecular formula is C15H25N5O. The smallest absolute Gasteiger partial charge is 0.239 e. The van der Waals surface area contributed by atoms with Gasteiger partial charge < -0.3 is 15.5 Å². The Bertz CT molecular complexity index is 499. The van der Waals surface area contributed by atoms with Gasteiger partial charge in [-0.1, -0.05) is 13.8 Å². The average Bonchev–Trinajstić information content (AvgIpc) is 3.29. The Morgan fingerprint density at radius 3 is 2.71 bits per heavy atom. The van der Waals surface area contributed by atoms with Crippen LogP contribution in [-0.2, 0) is 4.79 Å². The minimum absolute atomic E-state index is 0.0174. The molecule has 1 aliphatic carbocycles. The molecule has 1 heterocycles. The first-order chi connectivity index (χ1) is 9.99. The van der Waals surface area contributed by atoms with Crippen molar-refractivity contribution in [1.29, 1.82) is 0 Å². The highest BCUT2D eigenvalue weighted by Crippen LogP contribution is 2.39. The van der Waals surface area contributed by atoms with Crippen LogP contribution < -0.4 is 15.5 Å². The molecule has 1 aliphatic rings. The lowest BCUT2D eigenvalue weighted by Gasteiger charge is -2.19. The van der Waals surface area contributed by atoms with E-state index in [9.17, 15) is 4.79 Å². The summed E-state index contributed by atoms with van der Waals surface area (Å²) in [6.07, 6.45) is 2.32. The first-order valence-electron chi connectivity index (χ1n) is 7.54. The maximum atomic E-state index is 11.9. The molecule has 0 atom stereocenters. The summed E-state index contributed by atoms with van der Waals surface area (Å²) in [6.45, 7) is 5.16. The molecule has 116 valence electrons. The fourth-order valence-electron chi connectivity index (χ4n) is 1.97. The fraction of sp³-hybridized carbons (Fsp3) is 0.667. The Kier molecular flexibility index (Phi) is 4.98. The van der Waals surface area contributed by atoms with E-state index in [0.29, 0.717) is 24.9 Å². The number of amides is 1. The lowest BCUT2D eigenvalue weighted by Crippen LogP contribution is -2.37. The summed E-state index contributed by atoms with van der Waals surface area (Å²) < 4.78 is 0. The second-order valence-corrected chi connectivity index (χ2v) is 6.05. The van der Waals surface area contributed by atoms with Gasteiger partial charge in [-0.05, 0) is 18.8 Å². The molecule has 0 aliphatic heterocycles. The van der Waals surface area contributed by atoms with Crippen LogP contribution in [0.1, 0.15) is 38.4 Å². The van der Waals surface area contributed by atoms with Crippen molar-refractivity contribution in [3.05, 3.63) is 11.9 Å². The number of nitrogens with one attached hydrogen (secondary N) is 2. The van der Waals surface area contributed by atoms with Crippen molar-refractivity contribution in [2.45, 2.75) is 32.6 Å². The topological polar surface area (TPSA) is 70.2 Å². The molecule has 6 heteroatoms. The molecule has 2 N–H and O–H groups in total. The third-order valence-electron chi connectivity index (χ3n) is 3.41. The third kappa shape index (κ3) is 4.58. The van der Waals surface area contributed by atoms with Gasteiger partial charge in [0.05, 0.1) is 6.54 Å². The first-order valence-corrected chi connectivity index (χ1v) is 7.54. The minimum atomic E-state index is 0.0174. The predicted molar refractivity (Wildman–Crippen MR) is 84.7 cm³/mol. The molecule has 0 radical (unpaired) electrons. The highest BCUT2D eigenvalue weighted by atomic mass is 16.2. The Balaban J connectivity index is 2.02. The molecule has 2 rings (SSSR count). The van der Waals surface area contributed by atoms with Crippen molar-refractivity contribution < 1.29 is 4.79 Å². The molecule has 0 bridgehead atoms. The van der Waals surface area contributed by atoms with E-state index < -0.39 is 0 Å². The SMILES string of the molecule is CNc1cc(N(C)CC(=O)NCC(C)C)nc(C2CC2)n1. The largest absolute Gasteiger partial charge is 0.373 e. The van der Waals surface area contributed by atoms with E-state index in [1.807, 2.05) is 25.1 Å². The molecule has 1 aromatic heterocycles. The van der Waals surface area contributed by atoms with Crippen LogP contribution in [0.5, 0.6) is 0 Å². The van der Waals surface area contributed by atoms with Crippen LogP contribution in [0, 0.1) is 5.92 Å².